The number of para-hydroxylation sites is 1. The summed E-state index contributed by atoms with van der Waals surface area (Å²) < 4.78 is 38.7. The Kier molecular flexibility index (Phi) is 3.89. The number of hydrogen-bond acceptors (Lipinski definition) is 3. The van der Waals surface area contributed by atoms with Crippen LogP contribution in [0.25, 0.3) is 0 Å². The molecule has 0 saturated carbocycles. The van der Waals surface area contributed by atoms with Gasteiger partial charge in [-0.1, -0.05) is 24.3 Å². The molecule has 2 aromatic carbocycles. The summed E-state index contributed by atoms with van der Waals surface area (Å²) in [4.78, 5) is 0.574. The molecule has 2 unspecified atom stereocenters. The molecule has 0 saturated heterocycles. The van der Waals surface area contributed by atoms with Crippen LogP contribution in [0.5, 0.6) is 0 Å². The topological polar surface area (TPSA) is 60.4 Å². The van der Waals surface area contributed by atoms with Crippen LogP contribution in [-0.4, -0.2) is 26.3 Å². The van der Waals surface area contributed by atoms with E-state index in [-0.39, 0.29) is 4.90 Å². The van der Waals surface area contributed by atoms with Crippen LogP contribution in [0.3, 0.4) is 0 Å². The standard InChI is InChI=1S/C15H14ClNO3S2/c1-17-13-6-4-3-5-11(13)15(16)12-8-7-10(21(2)18)9-14(12)22(17,19)20/h3-9,15H,1-2H3. The van der Waals surface area contributed by atoms with Gasteiger partial charge < -0.3 is 4.55 Å². The van der Waals surface area contributed by atoms with Gasteiger partial charge in [0, 0.05) is 13.1 Å². The van der Waals surface area contributed by atoms with Crippen LogP contribution in [0.15, 0.2) is 52.3 Å². The van der Waals surface area contributed by atoms with Crippen molar-refractivity contribution in [2.24, 2.45) is 0 Å². The lowest BCUT2D eigenvalue weighted by molar-refractivity contribution is 0.593. The minimum absolute atomic E-state index is 0.110. The third kappa shape index (κ3) is 2.31. The maximum absolute atomic E-state index is 12.9. The average molecular weight is 356 g/mol. The number of alkyl halides is 1. The molecule has 7 heteroatoms. The quantitative estimate of drug-likeness (QED) is 0.583. The monoisotopic (exact) mass is 355 g/mol. The fourth-order valence-electron chi connectivity index (χ4n) is 2.56. The number of hydrogen-bond donors (Lipinski definition) is 0. The van der Waals surface area contributed by atoms with E-state index in [1.807, 2.05) is 12.1 Å². The predicted molar refractivity (Wildman–Crippen MR) is 88.5 cm³/mol. The van der Waals surface area contributed by atoms with E-state index < -0.39 is 26.6 Å². The fraction of sp³-hybridized carbons (Fsp3) is 0.200. The van der Waals surface area contributed by atoms with Crippen LogP contribution in [0.1, 0.15) is 16.5 Å². The number of sulfonamides is 1. The van der Waals surface area contributed by atoms with Gasteiger partial charge in [0.25, 0.3) is 10.0 Å². The summed E-state index contributed by atoms with van der Waals surface area (Å²) in [6.45, 7) is 0. The zero-order chi connectivity index (χ0) is 16.1. The molecule has 2 atom stereocenters. The van der Waals surface area contributed by atoms with Crippen LogP contribution in [-0.2, 0) is 21.2 Å². The van der Waals surface area contributed by atoms with E-state index in [0.717, 1.165) is 5.56 Å². The van der Waals surface area contributed by atoms with E-state index in [1.54, 1.807) is 24.3 Å². The van der Waals surface area contributed by atoms with Gasteiger partial charge in [-0.2, -0.15) is 0 Å². The van der Waals surface area contributed by atoms with Crippen molar-refractivity contribution in [3.8, 4) is 0 Å². The summed E-state index contributed by atoms with van der Waals surface area (Å²) in [6, 6.07) is 11.9. The molecule has 0 fully saturated rings. The fourth-order valence-corrected chi connectivity index (χ4v) is 5.10. The zero-order valence-electron chi connectivity index (χ0n) is 12.0. The van der Waals surface area contributed by atoms with Crippen LogP contribution in [0, 0.1) is 0 Å². The lowest BCUT2D eigenvalue weighted by Gasteiger charge is -2.19. The van der Waals surface area contributed by atoms with Crippen molar-refractivity contribution in [1.82, 2.24) is 0 Å². The Morgan fingerprint density at radius 3 is 2.55 bits per heavy atom. The van der Waals surface area contributed by atoms with Crippen molar-refractivity contribution in [1.29, 1.82) is 0 Å². The third-order valence-electron chi connectivity index (χ3n) is 3.78. The Morgan fingerprint density at radius 1 is 1.18 bits per heavy atom. The maximum atomic E-state index is 12.9. The summed E-state index contributed by atoms with van der Waals surface area (Å²) in [5, 5.41) is -0.578. The van der Waals surface area contributed by atoms with Crippen LogP contribution in [0.2, 0.25) is 0 Å². The normalized spacial score (nSPS) is 20.7. The van der Waals surface area contributed by atoms with Gasteiger partial charge >= 0.3 is 0 Å². The summed E-state index contributed by atoms with van der Waals surface area (Å²) in [6.07, 6.45) is 1.52. The molecule has 0 aromatic heterocycles. The summed E-state index contributed by atoms with van der Waals surface area (Å²) in [7, 11) is -2.24. The van der Waals surface area contributed by atoms with Crippen LogP contribution in [0.4, 0.5) is 5.69 Å². The molecule has 1 aliphatic heterocycles. The van der Waals surface area contributed by atoms with Gasteiger partial charge in [0.2, 0.25) is 0 Å². The molecule has 116 valence electrons. The third-order valence-corrected chi connectivity index (χ3v) is 6.99. The highest BCUT2D eigenvalue weighted by Gasteiger charge is 2.34. The largest absolute Gasteiger partial charge is 0.612 e. The first-order valence-electron chi connectivity index (χ1n) is 6.53. The molecule has 0 N–H and O–H groups in total. The number of rotatable bonds is 1. The summed E-state index contributed by atoms with van der Waals surface area (Å²) in [5.74, 6) is 0. The highest BCUT2D eigenvalue weighted by molar-refractivity contribution is 7.93. The van der Waals surface area contributed by atoms with Crippen molar-refractivity contribution >= 4 is 38.5 Å². The van der Waals surface area contributed by atoms with Gasteiger partial charge in [-0.15, -0.1) is 11.6 Å². The van der Waals surface area contributed by atoms with Gasteiger partial charge in [0.1, 0.15) is 6.26 Å². The van der Waals surface area contributed by atoms with Crippen LogP contribution >= 0.6 is 11.6 Å². The number of nitrogens with zero attached hydrogens (tertiary/aromatic N) is 1. The highest BCUT2D eigenvalue weighted by Crippen LogP contribution is 2.43. The van der Waals surface area contributed by atoms with Crippen LogP contribution < -0.4 is 4.31 Å². The van der Waals surface area contributed by atoms with Gasteiger partial charge in [-0.05, 0) is 34.4 Å². The molecule has 1 heterocycles. The predicted octanol–water partition coefficient (Wildman–Crippen LogP) is 2.89. The van der Waals surface area contributed by atoms with E-state index in [9.17, 15) is 13.0 Å². The van der Waals surface area contributed by atoms with Crippen molar-refractivity contribution in [2.45, 2.75) is 15.2 Å². The Balaban J connectivity index is 2.34. The Labute approximate surface area is 137 Å². The van der Waals surface area contributed by atoms with Crippen molar-refractivity contribution < 1.29 is 13.0 Å². The van der Waals surface area contributed by atoms with E-state index in [1.165, 1.54) is 23.7 Å². The van der Waals surface area contributed by atoms with Crippen molar-refractivity contribution in [3.05, 3.63) is 53.6 Å². The number of fused-ring (bicyclic) bond motifs is 2. The molecule has 3 rings (SSSR count). The second kappa shape index (κ2) is 5.45. The summed E-state index contributed by atoms with van der Waals surface area (Å²) >= 11 is 5.27. The van der Waals surface area contributed by atoms with E-state index in [4.69, 9.17) is 11.6 Å². The zero-order valence-corrected chi connectivity index (χ0v) is 14.4. The van der Waals surface area contributed by atoms with E-state index >= 15 is 0 Å². The smallest absolute Gasteiger partial charge is 0.264 e. The molecule has 0 radical (unpaired) electrons. The van der Waals surface area contributed by atoms with Crippen molar-refractivity contribution in [3.63, 3.8) is 0 Å². The molecule has 0 spiro atoms. The molecule has 2 aromatic rings. The molecule has 0 amide bonds. The second-order valence-electron chi connectivity index (χ2n) is 5.05. The number of anilines is 1. The first kappa shape index (κ1) is 15.7. The molecule has 1 aliphatic rings. The Morgan fingerprint density at radius 2 is 1.86 bits per heavy atom. The number of benzene rings is 2. The lowest BCUT2D eigenvalue weighted by atomic mass is 10.0. The number of halogens is 1. The van der Waals surface area contributed by atoms with Gasteiger partial charge in [0.05, 0.1) is 16.0 Å². The van der Waals surface area contributed by atoms with Gasteiger partial charge in [-0.3, -0.25) is 4.31 Å². The molecule has 0 bridgehead atoms. The molecular formula is C15H14ClNO3S2. The Hall–Kier alpha value is -1.21. The Bertz CT molecular complexity index is 836. The molecule has 22 heavy (non-hydrogen) atoms. The van der Waals surface area contributed by atoms with E-state index in [0.29, 0.717) is 16.1 Å². The molecule has 0 aliphatic carbocycles. The second-order valence-corrected chi connectivity index (χ2v) is 8.80. The SMILES string of the molecule is CN1c2ccccc2C(Cl)c2ccc([S+](C)[O-])cc2S1(=O)=O. The first-order chi connectivity index (χ1) is 10.3. The van der Waals surface area contributed by atoms with Gasteiger partial charge in [-0.25, -0.2) is 8.42 Å². The maximum Gasteiger partial charge on any atom is 0.264 e. The summed E-state index contributed by atoms with van der Waals surface area (Å²) in [5.41, 5.74) is 1.80. The minimum atomic E-state index is -3.75. The molecule has 4 nitrogen and oxygen atoms in total. The van der Waals surface area contributed by atoms with Crippen molar-refractivity contribution in [2.75, 3.05) is 17.6 Å². The molecular weight excluding hydrogens is 342 g/mol. The van der Waals surface area contributed by atoms with E-state index in [2.05, 4.69) is 0 Å². The highest BCUT2D eigenvalue weighted by atomic mass is 35.5. The first-order valence-corrected chi connectivity index (χ1v) is 9.97. The average Bonchev–Trinajstić information content (AvgIpc) is 2.57. The van der Waals surface area contributed by atoms with Gasteiger partial charge in [0.15, 0.2) is 4.90 Å². The lowest BCUT2D eigenvalue weighted by Crippen LogP contribution is -2.26. The minimum Gasteiger partial charge on any atom is -0.612 e.